The molecule has 0 aromatic carbocycles. The Morgan fingerprint density at radius 3 is 2.62 bits per heavy atom. The van der Waals surface area contributed by atoms with Crippen molar-refractivity contribution < 1.29 is 14.7 Å². The van der Waals surface area contributed by atoms with Gasteiger partial charge in [-0.1, -0.05) is 0 Å². The second kappa shape index (κ2) is 4.25. The second-order valence-corrected chi connectivity index (χ2v) is 5.04. The Balaban J connectivity index is 2.17. The Morgan fingerprint density at radius 1 is 1.44 bits per heavy atom. The zero-order valence-corrected chi connectivity index (χ0v) is 9.79. The lowest BCUT2D eigenvalue weighted by atomic mass is 10.2. The van der Waals surface area contributed by atoms with Gasteiger partial charge in [-0.05, 0) is 31.9 Å². The maximum absolute atomic E-state index is 12.0. The summed E-state index contributed by atoms with van der Waals surface area (Å²) in [5.41, 5.74) is 0. The number of carboxylic acids is 1. The lowest BCUT2D eigenvalue weighted by molar-refractivity contribution is 0.0701. The molecular weight excluding hydrogens is 226 g/mol. The number of rotatable bonds is 2. The SMILES string of the molecule is CC1CCCN1C(=O)c1ccc(C(=O)O)s1. The first kappa shape index (κ1) is 11.1. The largest absolute Gasteiger partial charge is 0.477 e. The number of hydrogen-bond acceptors (Lipinski definition) is 3. The molecule has 4 nitrogen and oxygen atoms in total. The summed E-state index contributed by atoms with van der Waals surface area (Å²) in [6.45, 7) is 2.80. The summed E-state index contributed by atoms with van der Waals surface area (Å²) < 4.78 is 0. The predicted molar refractivity (Wildman–Crippen MR) is 61.0 cm³/mol. The third kappa shape index (κ3) is 1.95. The quantitative estimate of drug-likeness (QED) is 0.859. The molecule has 1 N–H and O–H groups in total. The molecule has 0 radical (unpaired) electrons. The molecule has 1 aromatic rings. The fraction of sp³-hybridized carbons (Fsp3) is 0.455. The summed E-state index contributed by atoms with van der Waals surface area (Å²) in [6.07, 6.45) is 2.06. The molecule has 2 rings (SSSR count). The van der Waals surface area contributed by atoms with Crippen molar-refractivity contribution in [2.75, 3.05) is 6.54 Å². The van der Waals surface area contributed by atoms with Crippen molar-refractivity contribution in [3.05, 3.63) is 21.9 Å². The van der Waals surface area contributed by atoms with E-state index in [2.05, 4.69) is 0 Å². The van der Waals surface area contributed by atoms with Gasteiger partial charge in [0.2, 0.25) is 0 Å². The standard InChI is InChI=1S/C11H13NO3S/c1-7-3-2-6-12(7)10(13)8-4-5-9(16-8)11(14)15/h4-5,7H,2-3,6H2,1H3,(H,14,15). The van der Waals surface area contributed by atoms with Crippen LogP contribution in [0.5, 0.6) is 0 Å². The van der Waals surface area contributed by atoms with Gasteiger partial charge in [0.25, 0.3) is 5.91 Å². The van der Waals surface area contributed by atoms with Crippen LogP contribution >= 0.6 is 11.3 Å². The number of thiophene rings is 1. The van der Waals surface area contributed by atoms with E-state index < -0.39 is 5.97 Å². The van der Waals surface area contributed by atoms with Gasteiger partial charge in [-0.2, -0.15) is 0 Å². The van der Waals surface area contributed by atoms with E-state index in [0.717, 1.165) is 30.7 Å². The van der Waals surface area contributed by atoms with Gasteiger partial charge in [0, 0.05) is 12.6 Å². The molecule has 1 unspecified atom stereocenters. The van der Waals surface area contributed by atoms with Crippen molar-refractivity contribution in [2.45, 2.75) is 25.8 Å². The molecule has 0 aliphatic carbocycles. The third-order valence-corrected chi connectivity index (χ3v) is 3.90. The monoisotopic (exact) mass is 239 g/mol. The molecule has 0 saturated carbocycles. The first-order valence-electron chi connectivity index (χ1n) is 5.23. The maximum atomic E-state index is 12.0. The lowest BCUT2D eigenvalue weighted by Crippen LogP contribution is -2.33. The Bertz CT molecular complexity index is 427. The van der Waals surface area contributed by atoms with E-state index in [9.17, 15) is 9.59 Å². The summed E-state index contributed by atoms with van der Waals surface area (Å²) in [5.74, 6) is -1.01. The number of aromatic carboxylic acids is 1. The Morgan fingerprint density at radius 2 is 2.12 bits per heavy atom. The van der Waals surface area contributed by atoms with Crippen LogP contribution in [-0.2, 0) is 0 Å². The van der Waals surface area contributed by atoms with E-state index in [4.69, 9.17) is 5.11 Å². The molecule has 1 aromatic heterocycles. The summed E-state index contributed by atoms with van der Waals surface area (Å²) in [7, 11) is 0. The summed E-state index contributed by atoms with van der Waals surface area (Å²) in [4.78, 5) is 25.3. The topological polar surface area (TPSA) is 57.6 Å². The fourth-order valence-corrected chi connectivity index (χ4v) is 2.75. The maximum Gasteiger partial charge on any atom is 0.345 e. The minimum Gasteiger partial charge on any atom is -0.477 e. The van der Waals surface area contributed by atoms with Crippen LogP contribution in [-0.4, -0.2) is 34.5 Å². The molecule has 2 heterocycles. The number of likely N-dealkylation sites (tertiary alicyclic amines) is 1. The molecule has 0 bridgehead atoms. The zero-order valence-electron chi connectivity index (χ0n) is 8.97. The average molecular weight is 239 g/mol. The van der Waals surface area contributed by atoms with Crippen molar-refractivity contribution in [3.8, 4) is 0 Å². The Kier molecular flexibility index (Phi) is 2.96. The Labute approximate surface area is 97.5 Å². The van der Waals surface area contributed by atoms with Gasteiger partial charge in [0.15, 0.2) is 0 Å². The van der Waals surface area contributed by atoms with E-state index in [1.165, 1.54) is 6.07 Å². The number of carbonyl (C=O) groups excluding carboxylic acids is 1. The predicted octanol–water partition coefficient (Wildman–Crippen LogP) is 2.07. The molecule has 0 spiro atoms. The zero-order chi connectivity index (χ0) is 11.7. The molecule has 1 fully saturated rings. The molecule has 1 saturated heterocycles. The molecule has 16 heavy (non-hydrogen) atoms. The lowest BCUT2D eigenvalue weighted by Gasteiger charge is -2.20. The van der Waals surface area contributed by atoms with E-state index in [-0.39, 0.29) is 16.8 Å². The molecule has 86 valence electrons. The molecule has 1 aliphatic rings. The van der Waals surface area contributed by atoms with Crippen molar-refractivity contribution >= 4 is 23.2 Å². The highest BCUT2D eigenvalue weighted by Gasteiger charge is 2.27. The van der Waals surface area contributed by atoms with Gasteiger partial charge in [-0.15, -0.1) is 11.3 Å². The van der Waals surface area contributed by atoms with Gasteiger partial charge >= 0.3 is 5.97 Å². The van der Waals surface area contributed by atoms with Crippen molar-refractivity contribution in [1.29, 1.82) is 0 Å². The van der Waals surface area contributed by atoms with Gasteiger partial charge in [0.05, 0.1) is 4.88 Å². The van der Waals surface area contributed by atoms with E-state index in [0.29, 0.717) is 4.88 Å². The molecular formula is C11H13NO3S. The van der Waals surface area contributed by atoms with Crippen LogP contribution in [0.25, 0.3) is 0 Å². The highest BCUT2D eigenvalue weighted by molar-refractivity contribution is 7.15. The van der Waals surface area contributed by atoms with Crippen LogP contribution in [0.15, 0.2) is 12.1 Å². The van der Waals surface area contributed by atoms with Crippen LogP contribution in [0.4, 0.5) is 0 Å². The number of amides is 1. The second-order valence-electron chi connectivity index (χ2n) is 3.96. The van der Waals surface area contributed by atoms with Crippen molar-refractivity contribution in [2.24, 2.45) is 0 Å². The van der Waals surface area contributed by atoms with Crippen LogP contribution in [0.2, 0.25) is 0 Å². The van der Waals surface area contributed by atoms with Crippen LogP contribution in [0, 0.1) is 0 Å². The van der Waals surface area contributed by atoms with E-state index in [1.54, 1.807) is 6.07 Å². The van der Waals surface area contributed by atoms with E-state index >= 15 is 0 Å². The van der Waals surface area contributed by atoms with Gasteiger partial charge in [-0.25, -0.2) is 4.79 Å². The highest BCUT2D eigenvalue weighted by atomic mass is 32.1. The van der Waals surface area contributed by atoms with Crippen molar-refractivity contribution in [3.63, 3.8) is 0 Å². The van der Waals surface area contributed by atoms with E-state index in [1.807, 2.05) is 11.8 Å². The normalized spacial score (nSPS) is 20.1. The molecule has 1 atom stereocenters. The van der Waals surface area contributed by atoms with Crippen LogP contribution < -0.4 is 0 Å². The smallest absolute Gasteiger partial charge is 0.345 e. The first-order chi connectivity index (χ1) is 7.59. The number of carbonyl (C=O) groups is 2. The minimum atomic E-state index is -0.974. The number of nitrogens with zero attached hydrogens (tertiary/aromatic N) is 1. The van der Waals surface area contributed by atoms with Gasteiger partial charge in [0.1, 0.15) is 4.88 Å². The fourth-order valence-electron chi connectivity index (χ4n) is 1.94. The molecule has 5 heteroatoms. The molecule has 1 aliphatic heterocycles. The third-order valence-electron chi connectivity index (χ3n) is 2.84. The van der Waals surface area contributed by atoms with Crippen LogP contribution in [0.1, 0.15) is 39.1 Å². The van der Waals surface area contributed by atoms with Gasteiger partial charge < -0.3 is 10.0 Å². The number of hydrogen-bond donors (Lipinski definition) is 1. The average Bonchev–Trinajstić information content (AvgIpc) is 2.84. The minimum absolute atomic E-state index is 0.0394. The first-order valence-corrected chi connectivity index (χ1v) is 6.05. The molecule has 1 amide bonds. The summed E-state index contributed by atoms with van der Waals surface area (Å²) in [6, 6.07) is 3.35. The Hall–Kier alpha value is -1.36. The van der Waals surface area contributed by atoms with Crippen molar-refractivity contribution in [1.82, 2.24) is 4.90 Å². The highest BCUT2D eigenvalue weighted by Crippen LogP contribution is 2.23. The van der Waals surface area contributed by atoms with Crippen LogP contribution in [0.3, 0.4) is 0 Å². The number of carboxylic acid groups (broad SMARTS) is 1. The summed E-state index contributed by atoms with van der Waals surface area (Å²) in [5, 5.41) is 8.78. The summed E-state index contributed by atoms with van der Waals surface area (Å²) >= 11 is 1.05. The van der Waals surface area contributed by atoms with Gasteiger partial charge in [-0.3, -0.25) is 4.79 Å².